The quantitative estimate of drug-likeness (QED) is 0.0487. The molecule has 0 aliphatic heterocycles. The number of hydrogen-bond acceptors (Lipinski definition) is 5. The normalized spacial score (nSPS) is 12.0. The maximum Gasteiger partial charge on any atom is 0.306 e. The third kappa shape index (κ3) is 51.4. The third-order valence-corrected chi connectivity index (χ3v) is 13.2. The number of carbonyl (C=O) groups excluding carboxylic acids is 2. The van der Waals surface area contributed by atoms with E-state index in [0.29, 0.717) is 12.8 Å². The molecule has 0 rings (SSSR count). The van der Waals surface area contributed by atoms with Crippen molar-refractivity contribution in [1.82, 2.24) is 0 Å². The Morgan fingerprint density at radius 3 is 0.721 bits per heavy atom. The van der Waals surface area contributed by atoms with Crippen molar-refractivity contribution in [3.63, 3.8) is 0 Å². The van der Waals surface area contributed by atoms with Crippen molar-refractivity contribution in [2.75, 3.05) is 13.2 Å². The van der Waals surface area contributed by atoms with Gasteiger partial charge in [-0.1, -0.05) is 303 Å². The zero-order valence-electron chi connectivity index (χ0n) is 41.7. The first kappa shape index (κ1) is 59.9. The van der Waals surface area contributed by atoms with Crippen molar-refractivity contribution in [2.24, 2.45) is 0 Å². The number of ether oxygens (including phenoxy) is 2. The fourth-order valence-electron chi connectivity index (χ4n) is 8.91. The van der Waals surface area contributed by atoms with Crippen LogP contribution in [-0.2, 0) is 19.1 Å². The summed E-state index contributed by atoms with van der Waals surface area (Å²) in [5.41, 5.74) is 0. The Morgan fingerprint density at radius 2 is 0.508 bits per heavy atom. The topological polar surface area (TPSA) is 72.8 Å². The van der Waals surface area contributed by atoms with Crippen molar-refractivity contribution in [1.29, 1.82) is 0 Å². The molecule has 0 amide bonds. The minimum atomic E-state index is -0.761. The van der Waals surface area contributed by atoms with Crippen molar-refractivity contribution >= 4 is 11.9 Å². The van der Waals surface area contributed by atoms with E-state index in [4.69, 9.17) is 9.47 Å². The average Bonchev–Trinajstić information content (AvgIpc) is 3.26. The number of unbranched alkanes of at least 4 members (excludes halogenated alkanes) is 45. The summed E-state index contributed by atoms with van der Waals surface area (Å²) in [6.45, 7) is 4.13. The molecule has 0 saturated heterocycles. The molecule has 5 nitrogen and oxygen atoms in total. The van der Waals surface area contributed by atoms with Crippen LogP contribution < -0.4 is 0 Å². The van der Waals surface area contributed by atoms with Crippen LogP contribution in [0.1, 0.15) is 328 Å². The first-order valence-electron chi connectivity index (χ1n) is 28.1. The van der Waals surface area contributed by atoms with Crippen LogP contribution in [0.4, 0.5) is 0 Å². The Balaban J connectivity index is 3.26. The lowest BCUT2D eigenvalue weighted by molar-refractivity contribution is -0.161. The van der Waals surface area contributed by atoms with Gasteiger partial charge >= 0.3 is 11.9 Å². The van der Waals surface area contributed by atoms with E-state index >= 15 is 0 Å². The second-order valence-corrected chi connectivity index (χ2v) is 19.4. The molecule has 0 spiro atoms. The number of rotatable bonds is 53. The van der Waals surface area contributed by atoms with E-state index in [1.54, 1.807) is 0 Å². The second-order valence-electron chi connectivity index (χ2n) is 19.4. The second kappa shape index (κ2) is 53.2. The van der Waals surface area contributed by atoms with Gasteiger partial charge < -0.3 is 14.6 Å². The third-order valence-electron chi connectivity index (χ3n) is 13.2. The zero-order chi connectivity index (χ0) is 44.2. The van der Waals surface area contributed by atoms with Gasteiger partial charge in [0.25, 0.3) is 0 Å². The summed E-state index contributed by atoms with van der Waals surface area (Å²) in [4.78, 5) is 24.2. The van der Waals surface area contributed by atoms with Gasteiger partial charge in [0.05, 0.1) is 6.61 Å². The van der Waals surface area contributed by atoms with E-state index in [9.17, 15) is 14.7 Å². The monoisotopic (exact) mass is 863 g/mol. The van der Waals surface area contributed by atoms with Crippen LogP contribution in [0.3, 0.4) is 0 Å². The first-order valence-corrected chi connectivity index (χ1v) is 28.1. The Hall–Kier alpha value is -1.10. The SMILES string of the molecule is CCCCCCCCCCCCCCCCCCCCCCCCCCCCCCCCCCCCCCCCCCC(=O)OC(CO)COC(=O)CCCCCCCCC. The lowest BCUT2D eigenvalue weighted by atomic mass is 10.0. The van der Waals surface area contributed by atoms with Crippen LogP contribution in [0, 0.1) is 0 Å². The smallest absolute Gasteiger partial charge is 0.306 e. The van der Waals surface area contributed by atoms with Crippen LogP contribution in [0.5, 0.6) is 0 Å². The largest absolute Gasteiger partial charge is 0.462 e. The van der Waals surface area contributed by atoms with Gasteiger partial charge in [-0.3, -0.25) is 9.59 Å². The minimum absolute atomic E-state index is 0.0582. The fourth-order valence-corrected chi connectivity index (χ4v) is 8.91. The summed E-state index contributed by atoms with van der Waals surface area (Å²) in [7, 11) is 0. The van der Waals surface area contributed by atoms with E-state index in [-0.39, 0.29) is 25.2 Å². The highest BCUT2D eigenvalue weighted by Crippen LogP contribution is 2.18. The zero-order valence-corrected chi connectivity index (χ0v) is 41.7. The maximum atomic E-state index is 12.2. The van der Waals surface area contributed by atoms with Gasteiger partial charge in [0, 0.05) is 12.8 Å². The number of hydrogen-bond donors (Lipinski definition) is 1. The van der Waals surface area contributed by atoms with Gasteiger partial charge in [-0.15, -0.1) is 0 Å². The molecule has 1 N–H and O–H groups in total. The Bertz CT molecular complexity index is 845. The minimum Gasteiger partial charge on any atom is -0.462 e. The molecule has 364 valence electrons. The molecular formula is C56H110O5. The molecule has 0 saturated carbocycles. The number of aliphatic hydroxyl groups is 1. The predicted molar refractivity (Wildman–Crippen MR) is 266 cm³/mol. The number of carbonyl (C=O) groups is 2. The molecule has 0 fully saturated rings. The maximum absolute atomic E-state index is 12.2. The molecule has 0 aromatic heterocycles. The van der Waals surface area contributed by atoms with Crippen molar-refractivity contribution in [3.05, 3.63) is 0 Å². The molecule has 0 aliphatic carbocycles. The van der Waals surface area contributed by atoms with Gasteiger partial charge in [-0.25, -0.2) is 0 Å². The molecular weight excluding hydrogens is 753 g/mol. The molecule has 5 heteroatoms. The molecule has 0 radical (unpaired) electrons. The van der Waals surface area contributed by atoms with Crippen molar-refractivity contribution in [2.45, 2.75) is 335 Å². The van der Waals surface area contributed by atoms with Gasteiger partial charge in [0.15, 0.2) is 6.10 Å². The Kier molecular flexibility index (Phi) is 52.3. The highest BCUT2D eigenvalue weighted by molar-refractivity contribution is 5.70. The predicted octanol–water partition coefficient (Wildman–Crippen LogP) is 18.6. The van der Waals surface area contributed by atoms with Gasteiger partial charge in [-0.05, 0) is 12.8 Å². The van der Waals surface area contributed by atoms with E-state index in [0.717, 1.165) is 38.5 Å². The van der Waals surface area contributed by atoms with Crippen molar-refractivity contribution in [3.8, 4) is 0 Å². The molecule has 0 aliphatic rings. The Morgan fingerprint density at radius 1 is 0.311 bits per heavy atom. The van der Waals surface area contributed by atoms with Crippen LogP contribution in [0.15, 0.2) is 0 Å². The van der Waals surface area contributed by atoms with Gasteiger partial charge in [0.2, 0.25) is 0 Å². The van der Waals surface area contributed by atoms with Gasteiger partial charge in [0.1, 0.15) is 6.61 Å². The molecule has 1 unspecified atom stereocenters. The summed E-state index contributed by atoms with van der Waals surface area (Å²) >= 11 is 0. The van der Waals surface area contributed by atoms with E-state index in [1.165, 1.54) is 263 Å². The lowest BCUT2D eigenvalue weighted by Gasteiger charge is -2.15. The Labute approximate surface area is 382 Å². The highest BCUT2D eigenvalue weighted by atomic mass is 16.6. The average molecular weight is 863 g/mol. The summed E-state index contributed by atoms with van der Waals surface area (Å²) in [5, 5.41) is 9.55. The van der Waals surface area contributed by atoms with Crippen LogP contribution in [0.25, 0.3) is 0 Å². The molecule has 61 heavy (non-hydrogen) atoms. The molecule has 1 atom stereocenters. The summed E-state index contributed by atoms with van der Waals surface area (Å²) in [6, 6.07) is 0. The van der Waals surface area contributed by atoms with Crippen molar-refractivity contribution < 1.29 is 24.2 Å². The summed E-state index contributed by atoms with van der Waals surface area (Å²) < 4.78 is 10.6. The van der Waals surface area contributed by atoms with Gasteiger partial charge in [-0.2, -0.15) is 0 Å². The van der Waals surface area contributed by atoms with E-state index in [2.05, 4.69) is 13.8 Å². The molecule has 0 aromatic carbocycles. The number of aliphatic hydroxyl groups excluding tert-OH is 1. The van der Waals surface area contributed by atoms with E-state index < -0.39 is 6.10 Å². The van der Waals surface area contributed by atoms with E-state index in [1.807, 2.05) is 0 Å². The first-order chi connectivity index (χ1) is 30.1. The molecule has 0 aromatic rings. The van der Waals surface area contributed by atoms with Crippen LogP contribution in [0.2, 0.25) is 0 Å². The fraction of sp³-hybridized carbons (Fsp3) is 0.964. The lowest BCUT2D eigenvalue weighted by Crippen LogP contribution is -2.28. The van der Waals surface area contributed by atoms with Crippen LogP contribution in [-0.4, -0.2) is 36.4 Å². The number of esters is 2. The summed E-state index contributed by atoms with van der Waals surface area (Å²) in [6.07, 6.45) is 64.3. The molecule has 0 heterocycles. The molecule has 0 bridgehead atoms. The highest BCUT2D eigenvalue weighted by Gasteiger charge is 2.16. The summed E-state index contributed by atoms with van der Waals surface area (Å²) in [5.74, 6) is -0.580. The standard InChI is InChI=1S/C56H110O5/c1-3-5-7-9-11-12-13-14-15-16-17-18-19-20-21-22-23-24-25-26-27-28-29-30-31-32-33-34-35-36-37-38-39-40-41-42-43-45-47-49-51-56(59)61-54(52-57)53-60-55(58)50-48-46-44-10-8-6-4-2/h54,57H,3-53H2,1-2H3. The van der Waals surface area contributed by atoms with Crippen LogP contribution >= 0.6 is 0 Å².